The SMILES string of the molecule is CCOC(=O)CN(C(=O)Oc1ccc(OC)cc1)c1cc(Cl)c(Oc2ccc(OC)c(S(=O)(=O)N(C)C)c2)c(Cl)c1. The average molecular weight is 627 g/mol. The van der Waals surface area contributed by atoms with Crippen molar-refractivity contribution in [2.24, 2.45) is 0 Å². The highest BCUT2D eigenvalue weighted by atomic mass is 35.5. The maximum Gasteiger partial charge on any atom is 0.420 e. The second-order valence-electron chi connectivity index (χ2n) is 8.38. The maximum atomic E-state index is 13.1. The van der Waals surface area contributed by atoms with Crippen molar-refractivity contribution in [1.82, 2.24) is 4.31 Å². The number of sulfonamides is 1. The predicted molar refractivity (Wildman–Crippen MR) is 153 cm³/mol. The molecule has 0 bridgehead atoms. The summed E-state index contributed by atoms with van der Waals surface area (Å²) in [4.78, 5) is 26.3. The largest absolute Gasteiger partial charge is 0.497 e. The number of ether oxygens (including phenoxy) is 5. The van der Waals surface area contributed by atoms with E-state index in [0.29, 0.717) is 5.75 Å². The molecule has 0 aromatic heterocycles. The van der Waals surface area contributed by atoms with Crippen molar-refractivity contribution in [3.8, 4) is 28.7 Å². The molecule has 3 rings (SSSR count). The third-order valence-corrected chi connectivity index (χ3v) is 7.88. The smallest absolute Gasteiger partial charge is 0.420 e. The number of nitrogens with zero attached hydrogens (tertiary/aromatic N) is 2. The zero-order valence-corrected chi connectivity index (χ0v) is 25.2. The van der Waals surface area contributed by atoms with Gasteiger partial charge in [0.2, 0.25) is 10.0 Å². The lowest BCUT2D eigenvalue weighted by Gasteiger charge is -2.22. The first kappa shape index (κ1) is 31.8. The zero-order valence-electron chi connectivity index (χ0n) is 22.8. The number of hydrogen-bond acceptors (Lipinski definition) is 9. The average Bonchev–Trinajstić information content (AvgIpc) is 2.93. The van der Waals surface area contributed by atoms with Crippen LogP contribution < -0.4 is 23.8 Å². The van der Waals surface area contributed by atoms with Gasteiger partial charge in [0.1, 0.15) is 34.4 Å². The number of benzene rings is 3. The minimum atomic E-state index is -3.87. The molecule has 0 radical (unpaired) electrons. The number of hydrogen-bond donors (Lipinski definition) is 0. The Morgan fingerprint density at radius 2 is 1.44 bits per heavy atom. The molecule has 0 fully saturated rings. The molecule has 0 atom stereocenters. The Kier molecular flexibility index (Phi) is 10.7. The molecule has 0 heterocycles. The molecular formula is C27H28Cl2N2O9S. The third kappa shape index (κ3) is 7.73. The first-order chi connectivity index (χ1) is 19.4. The Hall–Kier alpha value is -3.71. The van der Waals surface area contributed by atoms with E-state index in [0.717, 1.165) is 9.21 Å². The topological polar surface area (TPSA) is 121 Å². The van der Waals surface area contributed by atoms with Crippen LogP contribution in [0.3, 0.4) is 0 Å². The second-order valence-corrected chi connectivity index (χ2v) is 11.3. The minimum absolute atomic E-state index is 0.0185. The van der Waals surface area contributed by atoms with E-state index in [1.165, 1.54) is 70.8 Å². The van der Waals surface area contributed by atoms with Gasteiger partial charge in [0.05, 0.1) is 36.6 Å². The number of halogens is 2. The Balaban J connectivity index is 1.96. The highest BCUT2D eigenvalue weighted by molar-refractivity contribution is 7.89. The molecule has 3 aromatic rings. The minimum Gasteiger partial charge on any atom is -0.497 e. The highest BCUT2D eigenvalue weighted by Crippen LogP contribution is 2.41. The fourth-order valence-corrected chi connectivity index (χ4v) is 5.05. The number of rotatable bonds is 11. The summed E-state index contributed by atoms with van der Waals surface area (Å²) < 4.78 is 53.2. The van der Waals surface area contributed by atoms with Gasteiger partial charge in [0, 0.05) is 20.2 Å². The molecule has 0 aliphatic heterocycles. The van der Waals surface area contributed by atoms with Crippen molar-refractivity contribution >= 4 is 51.0 Å². The molecule has 11 nitrogen and oxygen atoms in total. The van der Waals surface area contributed by atoms with Gasteiger partial charge in [0.15, 0.2) is 5.75 Å². The number of carbonyl (C=O) groups is 2. The Morgan fingerprint density at radius 3 is 1.98 bits per heavy atom. The van der Waals surface area contributed by atoms with Gasteiger partial charge in [-0.2, -0.15) is 0 Å². The molecule has 0 aliphatic rings. The molecule has 0 saturated carbocycles. The summed E-state index contributed by atoms with van der Waals surface area (Å²) >= 11 is 13.0. The fourth-order valence-electron chi connectivity index (χ4n) is 3.43. The summed E-state index contributed by atoms with van der Waals surface area (Å²) in [6.45, 7) is 1.23. The van der Waals surface area contributed by atoms with E-state index >= 15 is 0 Å². The first-order valence-corrected chi connectivity index (χ1v) is 14.2. The summed E-state index contributed by atoms with van der Waals surface area (Å²) in [6.07, 6.45) is -0.905. The molecule has 1 amide bonds. The van der Waals surface area contributed by atoms with Crippen LogP contribution in [0.5, 0.6) is 28.7 Å². The molecule has 0 spiro atoms. The van der Waals surface area contributed by atoms with Crippen LogP contribution in [0.4, 0.5) is 10.5 Å². The molecule has 0 saturated heterocycles. The van der Waals surface area contributed by atoms with Crippen molar-refractivity contribution in [3.05, 3.63) is 64.6 Å². The Labute approximate surface area is 248 Å². The first-order valence-electron chi connectivity index (χ1n) is 12.0. The van der Waals surface area contributed by atoms with Crippen LogP contribution in [-0.4, -0.2) is 66.3 Å². The molecule has 3 aromatic carbocycles. The lowest BCUT2D eigenvalue weighted by molar-refractivity contribution is -0.141. The lowest BCUT2D eigenvalue weighted by atomic mass is 10.2. The summed E-state index contributed by atoms with van der Waals surface area (Å²) in [5.74, 6) is 0.263. The van der Waals surface area contributed by atoms with Crippen LogP contribution in [0.1, 0.15) is 6.92 Å². The lowest BCUT2D eigenvalue weighted by Crippen LogP contribution is -2.38. The number of carbonyl (C=O) groups excluding carboxylic acids is 2. The van der Waals surface area contributed by atoms with Gasteiger partial charge in [0.25, 0.3) is 0 Å². The van der Waals surface area contributed by atoms with E-state index in [1.807, 2.05) is 0 Å². The highest BCUT2D eigenvalue weighted by Gasteiger charge is 2.26. The second kappa shape index (κ2) is 13.8. The van der Waals surface area contributed by atoms with Gasteiger partial charge in [-0.25, -0.2) is 17.5 Å². The molecule has 0 N–H and O–H groups in total. The fraction of sp³-hybridized carbons (Fsp3) is 0.259. The zero-order chi connectivity index (χ0) is 30.3. The molecule has 41 heavy (non-hydrogen) atoms. The van der Waals surface area contributed by atoms with E-state index in [4.69, 9.17) is 46.9 Å². The number of methoxy groups -OCH3 is 2. The van der Waals surface area contributed by atoms with Gasteiger partial charge in [-0.1, -0.05) is 23.2 Å². The quantitative estimate of drug-likeness (QED) is 0.249. The molecule has 0 unspecified atom stereocenters. The normalized spacial score (nSPS) is 11.1. The molecular weight excluding hydrogens is 599 g/mol. The number of amides is 1. The summed E-state index contributed by atoms with van der Waals surface area (Å²) in [7, 11) is 1.74. The van der Waals surface area contributed by atoms with E-state index in [-0.39, 0.29) is 50.2 Å². The molecule has 0 aliphatic carbocycles. The van der Waals surface area contributed by atoms with Crippen molar-refractivity contribution in [3.63, 3.8) is 0 Å². The Bertz CT molecular complexity index is 1490. The number of anilines is 1. The van der Waals surface area contributed by atoms with Crippen LogP contribution in [0, 0.1) is 0 Å². The van der Waals surface area contributed by atoms with Crippen molar-refractivity contribution in [2.75, 3.05) is 46.4 Å². The number of esters is 1. The van der Waals surface area contributed by atoms with Gasteiger partial charge < -0.3 is 23.7 Å². The standard InChI is InChI=1S/C27H28Cl2N2O9S/c1-6-38-25(32)16-31(27(33)40-19-9-7-18(36-4)8-10-19)17-13-21(28)26(22(29)14-17)39-20-11-12-23(37-5)24(15-20)41(34,35)30(2)3/h7-15H,6,16H2,1-5H3. The summed E-state index contributed by atoms with van der Waals surface area (Å²) in [5.41, 5.74) is 0.115. The Morgan fingerprint density at radius 1 is 0.854 bits per heavy atom. The van der Waals surface area contributed by atoms with E-state index in [9.17, 15) is 18.0 Å². The van der Waals surface area contributed by atoms with Crippen molar-refractivity contribution in [1.29, 1.82) is 0 Å². The van der Waals surface area contributed by atoms with E-state index in [2.05, 4.69) is 0 Å². The van der Waals surface area contributed by atoms with Crippen LogP contribution in [0.2, 0.25) is 10.0 Å². The monoisotopic (exact) mass is 626 g/mol. The van der Waals surface area contributed by atoms with Crippen LogP contribution in [0.25, 0.3) is 0 Å². The third-order valence-electron chi connectivity index (χ3n) is 5.49. The van der Waals surface area contributed by atoms with Gasteiger partial charge in [-0.15, -0.1) is 0 Å². The maximum absolute atomic E-state index is 13.1. The molecule has 220 valence electrons. The van der Waals surface area contributed by atoms with Gasteiger partial charge >= 0.3 is 12.1 Å². The van der Waals surface area contributed by atoms with Crippen molar-refractivity contribution in [2.45, 2.75) is 11.8 Å². The molecule has 14 heteroatoms. The van der Waals surface area contributed by atoms with Crippen molar-refractivity contribution < 1.29 is 41.7 Å². The van der Waals surface area contributed by atoms with E-state index in [1.54, 1.807) is 19.1 Å². The van der Waals surface area contributed by atoms with Crippen LogP contribution in [-0.2, 0) is 19.6 Å². The van der Waals surface area contributed by atoms with Gasteiger partial charge in [-0.3, -0.25) is 9.69 Å². The predicted octanol–water partition coefficient (Wildman–Crippen LogP) is 5.62. The summed E-state index contributed by atoms with van der Waals surface area (Å²) in [6, 6.07) is 13.1. The van der Waals surface area contributed by atoms with Gasteiger partial charge in [-0.05, 0) is 55.5 Å². The van der Waals surface area contributed by atoms with Crippen LogP contribution >= 0.6 is 23.2 Å². The summed E-state index contributed by atoms with van der Waals surface area (Å²) in [5, 5.41) is -0.0714. The van der Waals surface area contributed by atoms with E-state index < -0.39 is 28.6 Å². The van der Waals surface area contributed by atoms with Crippen LogP contribution in [0.15, 0.2) is 59.5 Å².